The highest BCUT2D eigenvalue weighted by Crippen LogP contribution is 2.45. The number of aliphatic hydroxyl groups excluding tert-OH is 1. The number of carbonyl (C=O) groups excluding carboxylic acids is 1. The Morgan fingerprint density at radius 3 is 1.71 bits per heavy atom. The maximum atomic E-state index is 13.3. The van der Waals surface area contributed by atoms with Crippen LogP contribution in [0.3, 0.4) is 0 Å². The molecule has 0 radical (unpaired) electrons. The maximum absolute atomic E-state index is 13.3. The lowest BCUT2D eigenvalue weighted by Crippen LogP contribution is -2.24. The molecule has 3 rings (SSSR count). The second kappa shape index (κ2) is 10.4. The van der Waals surface area contributed by atoms with Gasteiger partial charge in [0, 0.05) is 33.8 Å². The van der Waals surface area contributed by atoms with E-state index in [-0.39, 0.29) is 38.7 Å². The summed E-state index contributed by atoms with van der Waals surface area (Å²) in [5.41, 5.74) is 1.82. The van der Waals surface area contributed by atoms with Crippen LogP contribution in [0.5, 0.6) is 0 Å². The fourth-order valence-electron chi connectivity index (χ4n) is 3.89. The third-order valence-electron chi connectivity index (χ3n) is 6.31. The lowest BCUT2D eigenvalue weighted by Gasteiger charge is -2.34. The summed E-state index contributed by atoms with van der Waals surface area (Å²) in [7, 11) is 0. The van der Waals surface area contributed by atoms with Crippen LogP contribution in [0.1, 0.15) is 98.4 Å². The predicted octanol–water partition coefficient (Wildman–Crippen LogP) is 9.30. The number of hydrogen-bond acceptors (Lipinski definition) is 5. The number of aliphatic hydroxyl groups is 1. The van der Waals surface area contributed by atoms with Gasteiger partial charge < -0.3 is 15.3 Å². The third kappa shape index (κ3) is 6.70. The maximum Gasteiger partial charge on any atom is 0.219 e. The van der Waals surface area contributed by atoms with Crippen molar-refractivity contribution in [2.45, 2.75) is 93.9 Å². The Morgan fingerprint density at radius 2 is 1.32 bits per heavy atom. The Labute approximate surface area is 238 Å². The van der Waals surface area contributed by atoms with Crippen LogP contribution in [-0.4, -0.2) is 16.4 Å². The van der Waals surface area contributed by atoms with Crippen LogP contribution in [0.4, 0.5) is 0 Å². The number of Topliss-reactive ketones (excluding diaryl/α,β-unsaturated/α-hetero) is 1. The largest absolute Gasteiger partial charge is 0.870 e. The molecule has 1 aliphatic heterocycles. The molecular weight excluding hydrogens is 512 g/mol. The van der Waals surface area contributed by atoms with Crippen molar-refractivity contribution in [2.75, 3.05) is 0 Å². The predicted molar refractivity (Wildman–Crippen MR) is 163 cm³/mol. The van der Waals surface area contributed by atoms with E-state index in [9.17, 15) is 9.90 Å². The van der Waals surface area contributed by atoms with Gasteiger partial charge in [0.05, 0.1) is 16.1 Å². The highest BCUT2D eigenvalue weighted by Gasteiger charge is 2.37. The minimum Gasteiger partial charge on any atom is -0.870 e. The Hall–Kier alpha value is -2.15. The number of carbonyl (C=O) groups is 1. The molecule has 1 aliphatic carbocycles. The molecule has 208 valence electrons. The van der Waals surface area contributed by atoms with Gasteiger partial charge in [-0.3, -0.25) is 4.79 Å². The van der Waals surface area contributed by atoms with E-state index in [2.05, 4.69) is 95.2 Å². The van der Waals surface area contributed by atoms with Crippen LogP contribution in [-0.2, 0) is 20.4 Å². The highest BCUT2D eigenvalue weighted by molar-refractivity contribution is 7.84. The molecule has 2 aliphatic rings. The van der Waals surface area contributed by atoms with Crippen LogP contribution in [0, 0.1) is 10.8 Å². The minimum atomic E-state index is -0.268. The fourth-order valence-corrected chi connectivity index (χ4v) is 5.64. The summed E-state index contributed by atoms with van der Waals surface area (Å²) >= 11 is 6.57. The average Bonchev–Trinajstić information content (AvgIpc) is 2.73. The Morgan fingerprint density at radius 1 is 0.816 bits per heavy atom. The smallest absolute Gasteiger partial charge is 0.219 e. The first-order chi connectivity index (χ1) is 16.6. The number of thiol groups is 1. The van der Waals surface area contributed by atoms with Crippen molar-refractivity contribution in [2.24, 2.45) is 10.8 Å². The molecule has 6 heteroatoms. The number of hydrogen-bond donors (Lipinski definition) is 2. The first kappa shape index (κ1) is 32.1. The monoisotopic (exact) mass is 556 g/mol. The molecular formula is C32H44O4S2. The molecule has 4 nitrogen and oxygen atoms in total. The molecule has 1 aromatic rings. The van der Waals surface area contributed by atoms with Crippen molar-refractivity contribution in [1.82, 2.24) is 0 Å². The Bertz CT molecular complexity index is 1260. The lowest BCUT2D eigenvalue weighted by molar-refractivity contribution is -0.113. The number of rotatable bonds is 2. The summed E-state index contributed by atoms with van der Waals surface area (Å²) in [6.07, 6.45) is 5.48. The van der Waals surface area contributed by atoms with Crippen molar-refractivity contribution in [3.8, 4) is 0 Å². The zero-order chi connectivity index (χ0) is 28.3. The van der Waals surface area contributed by atoms with Gasteiger partial charge >= 0.3 is 0 Å². The number of ketones is 1. The van der Waals surface area contributed by atoms with Gasteiger partial charge in [-0.1, -0.05) is 83.1 Å². The first-order valence-corrected chi connectivity index (χ1v) is 14.1. The van der Waals surface area contributed by atoms with Crippen molar-refractivity contribution >= 4 is 35.8 Å². The van der Waals surface area contributed by atoms with Gasteiger partial charge in [0.2, 0.25) is 26.9 Å². The molecule has 0 saturated carbocycles. The second-order valence-corrected chi connectivity index (χ2v) is 15.7. The SMILES string of the molecule is CC(C)(C)C1=CC(=CC2=C(O)C(=Cc3cc(C(C)(C)C)[s+]c(C(C)(C)C)c3)C2=O)C(S)=C(C(C)(C)C)O1.[OH-]. The Balaban J connectivity index is 0.00000507. The van der Waals surface area contributed by atoms with Crippen molar-refractivity contribution in [1.29, 1.82) is 0 Å². The molecule has 38 heavy (non-hydrogen) atoms. The molecule has 2 N–H and O–H groups in total. The molecule has 0 unspecified atom stereocenters. The highest BCUT2D eigenvalue weighted by atomic mass is 32.1. The van der Waals surface area contributed by atoms with E-state index in [4.69, 9.17) is 17.4 Å². The summed E-state index contributed by atoms with van der Waals surface area (Å²) in [4.78, 5) is 16.4. The normalized spacial score (nSPS) is 19.4. The van der Waals surface area contributed by atoms with E-state index in [0.717, 1.165) is 22.7 Å². The van der Waals surface area contributed by atoms with Gasteiger partial charge in [-0.15, -0.1) is 12.6 Å². The van der Waals surface area contributed by atoms with E-state index < -0.39 is 0 Å². The van der Waals surface area contributed by atoms with Gasteiger partial charge in [-0.05, 0) is 29.4 Å². The lowest BCUT2D eigenvalue weighted by atomic mass is 9.83. The molecule has 0 saturated heterocycles. The van der Waals surface area contributed by atoms with Crippen LogP contribution in [0.15, 0.2) is 63.2 Å². The van der Waals surface area contributed by atoms with Crippen molar-refractivity contribution in [3.63, 3.8) is 0 Å². The zero-order valence-corrected chi connectivity index (χ0v) is 26.7. The van der Waals surface area contributed by atoms with Crippen molar-refractivity contribution in [3.05, 3.63) is 78.5 Å². The summed E-state index contributed by atoms with van der Waals surface area (Å²) in [6, 6.07) is 4.26. The van der Waals surface area contributed by atoms with Crippen molar-refractivity contribution < 1.29 is 20.1 Å². The summed E-state index contributed by atoms with van der Waals surface area (Å²) < 4.78 is 6.27. The second-order valence-electron chi connectivity index (χ2n) is 14.2. The molecule has 2 heterocycles. The zero-order valence-electron chi connectivity index (χ0n) is 25.0. The Kier molecular flexibility index (Phi) is 8.81. The molecule has 0 aromatic carbocycles. The summed E-state index contributed by atoms with van der Waals surface area (Å²) in [5, 5.41) is 11.0. The van der Waals surface area contributed by atoms with Gasteiger partial charge in [-0.25, -0.2) is 0 Å². The standard InChI is InChI=1S/C32H42O3S2.H2O/c1-29(2,3)22-17-19(27(36)28(35-22)32(10,11)12)16-21-25(33)20(26(21)34)13-18-14-23(30(4,5)6)37-24(15-18)31(7,8)9;/h13-17H,1-12H3,(H-,33,34,36);1H2. The number of ether oxygens (including phenoxy) is 1. The molecule has 0 spiro atoms. The topological polar surface area (TPSA) is 76.5 Å². The van der Waals surface area contributed by atoms with E-state index in [1.165, 1.54) is 9.75 Å². The quantitative estimate of drug-likeness (QED) is 0.216. The summed E-state index contributed by atoms with van der Waals surface area (Å²) in [6.45, 7) is 25.7. The molecule has 0 bridgehead atoms. The van der Waals surface area contributed by atoms with Gasteiger partial charge in [0.25, 0.3) is 0 Å². The minimum absolute atomic E-state index is 0. The number of allylic oxidation sites excluding steroid dienone is 7. The van der Waals surface area contributed by atoms with Gasteiger partial charge in [0.1, 0.15) is 17.3 Å². The van der Waals surface area contributed by atoms with E-state index in [0.29, 0.717) is 16.1 Å². The third-order valence-corrected chi connectivity index (χ3v) is 8.67. The molecule has 1 aromatic heterocycles. The first-order valence-electron chi connectivity index (χ1n) is 12.9. The van der Waals surface area contributed by atoms with E-state index in [1.54, 1.807) is 17.4 Å². The van der Waals surface area contributed by atoms with Gasteiger partial charge in [-0.2, -0.15) is 0 Å². The van der Waals surface area contributed by atoms with Crippen LogP contribution >= 0.6 is 24.0 Å². The van der Waals surface area contributed by atoms with Crippen LogP contribution in [0.2, 0.25) is 0 Å². The fraction of sp³-hybridized carbons (Fsp3) is 0.500. The molecule has 0 atom stereocenters. The van der Waals surface area contributed by atoms with E-state index >= 15 is 0 Å². The van der Waals surface area contributed by atoms with E-state index in [1.807, 2.05) is 12.2 Å². The molecule has 0 amide bonds. The van der Waals surface area contributed by atoms with Crippen LogP contribution in [0.25, 0.3) is 6.08 Å². The molecule has 0 fully saturated rings. The van der Waals surface area contributed by atoms with Gasteiger partial charge in [0.15, 0.2) is 0 Å². The summed E-state index contributed by atoms with van der Waals surface area (Å²) in [5.74, 6) is 1.42. The van der Waals surface area contributed by atoms with Crippen LogP contribution < -0.4 is 0 Å². The average molecular weight is 557 g/mol.